The van der Waals surface area contributed by atoms with Crippen molar-refractivity contribution in [2.24, 2.45) is 0 Å². The van der Waals surface area contributed by atoms with E-state index in [-0.39, 0.29) is 19.1 Å². The van der Waals surface area contributed by atoms with Gasteiger partial charge in [-0.15, -0.1) is 11.3 Å². The van der Waals surface area contributed by atoms with Gasteiger partial charge in [0.15, 0.2) is 13.2 Å². The van der Waals surface area contributed by atoms with Crippen molar-refractivity contribution >= 4 is 23.2 Å². The number of carbonyl (C=O) groups excluding carboxylic acids is 2. The van der Waals surface area contributed by atoms with E-state index < -0.39 is 5.97 Å². The summed E-state index contributed by atoms with van der Waals surface area (Å²) in [7, 11) is 0. The summed E-state index contributed by atoms with van der Waals surface area (Å²) in [4.78, 5) is 24.3. The summed E-state index contributed by atoms with van der Waals surface area (Å²) in [6.07, 6.45) is 0.772. The molecule has 122 valence electrons. The SMILES string of the molecule is Cc1ccccc1OCC(=O)OCC(=O)NCCc1cccs1. The Bertz CT molecular complexity index is 640. The van der Waals surface area contributed by atoms with Crippen LogP contribution in [0.15, 0.2) is 41.8 Å². The fourth-order valence-electron chi connectivity index (χ4n) is 1.87. The van der Waals surface area contributed by atoms with Crippen molar-refractivity contribution in [1.29, 1.82) is 0 Å². The summed E-state index contributed by atoms with van der Waals surface area (Å²) in [5.41, 5.74) is 0.937. The Kier molecular flexibility index (Phi) is 6.62. The zero-order chi connectivity index (χ0) is 16.5. The molecular formula is C17H19NO4S. The van der Waals surface area contributed by atoms with Crippen molar-refractivity contribution in [2.75, 3.05) is 19.8 Å². The lowest BCUT2D eigenvalue weighted by Gasteiger charge is -2.09. The molecule has 0 fully saturated rings. The average Bonchev–Trinajstić information content (AvgIpc) is 3.05. The van der Waals surface area contributed by atoms with E-state index in [1.54, 1.807) is 17.4 Å². The van der Waals surface area contributed by atoms with E-state index in [0.717, 1.165) is 12.0 Å². The van der Waals surface area contributed by atoms with Gasteiger partial charge >= 0.3 is 5.97 Å². The highest BCUT2D eigenvalue weighted by molar-refractivity contribution is 7.09. The standard InChI is InChI=1S/C17H19NO4S/c1-13-5-2-3-7-15(13)21-12-17(20)22-11-16(19)18-9-8-14-6-4-10-23-14/h2-7,10H,8-9,11-12H2,1H3,(H,18,19). The van der Waals surface area contributed by atoms with Crippen LogP contribution >= 0.6 is 11.3 Å². The molecule has 0 aliphatic carbocycles. The lowest BCUT2D eigenvalue weighted by Crippen LogP contribution is -2.31. The smallest absolute Gasteiger partial charge is 0.344 e. The largest absolute Gasteiger partial charge is 0.482 e. The molecular weight excluding hydrogens is 314 g/mol. The summed E-state index contributed by atoms with van der Waals surface area (Å²) in [6.45, 7) is 1.91. The first-order valence-corrected chi connectivity index (χ1v) is 8.16. The predicted octanol–water partition coefficient (Wildman–Crippen LogP) is 2.34. The van der Waals surface area contributed by atoms with Gasteiger partial charge in [-0.1, -0.05) is 24.3 Å². The number of hydrogen-bond donors (Lipinski definition) is 1. The van der Waals surface area contributed by atoms with Crippen molar-refractivity contribution in [1.82, 2.24) is 5.32 Å². The Hall–Kier alpha value is -2.34. The molecule has 1 aromatic heterocycles. The van der Waals surface area contributed by atoms with E-state index in [9.17, 15) is 9.59 Å². The predicted molar refractivity (Wildman–Crippen MR) is 88.7 cm³/mol. The molecule has 5 nitrogen and oxygen atoms in total. The quantitative estimate of drug-likeness (QED) is 0.753. The van der Waals surface area contributed by atoms with Crippen LogP contribution in [0.5, 0.6) is 5.75 Å². The van der Waals surface area contributed by atoms with Crippen LogP contribution in [0.3, 0.4) is 0 Å². The van der Waals surface area contributed by atoms with E-state index in [4.69, 9.17) is 9.47 Å². The van der Waals surface area contributed by atoms with Crippen LogP contribution in [-0.2, 0) is 20.7 Å². The minimum absolute atomic E-state index is 0.215. The van der Waals surface area contributed by atoms with Crippen LogP contribution in [0.25, 0.3) is 0 Å². The molecule has 6 heteroatoms. The molecule has 0 aliphatic heterocycles. The molecule has 1 N–H and O–H groups in total. The fourth-order valence-corrected chi connectivity index (χ4v) is 2.58. The summed E-state index contributed by atoms with van der Waals surface area (Å²) in [5.74, 6) is -0.252. The van der Waals surface area contributed by atoms with Gasteiger partial charge in [-0.05, 0) is 36.4 Å². The van der Waals surface area contributed by atoms with Gasteiger partial charge in [0.05, 0.1) is 0 Å². The number of para-hydroxylation sites is 1. The summed E-state index contributed by atoms with van der Waals surface area (Å²) < 4.78 is 10.2. The van der Waals surface area contributed by atoms with Crippen molar-refractivity contribution in [3.8, 4) is 5.75 Å². The Balaban J connectivity index is 1.60. The van der Waals surface area contributed by atoms with Crippen LogP contribution in [0.1, 0.15) is 10.4 Å². The monoisotopic (exact) mass is 333 g/mol. The number of carbonyl (C=O) groups is 2. The summed E-state index contributed by atoms with van der Waals surface area (Å²) >= 11 is 1.65. The van der Waals surface area contributed by atoms with Crippen molar-refractivity contribution < 1.29 is 19.1 Å². The Labute approximate surface area is 139 Å². The van der Waals surface area contributed by atoms with Gasteiger partial charge in [0.2, 0.25) is 0 Å². The molecule has 0 saturated heterocycles. The number of aryl methyl sites for hydroxylation is 1. The zero-order valence-electron chi connectivity index (χ0n) is 12.9. The zero-order valence-corrected chi connectivity index (χ0v) is 13.7. The summed E-state index contributed by atoms with van der Waals surface area (Å²) in [5, 5.41) is 4.70. The third-order valence-corrected chi connectivity index (χ3v) is 4.01. The fraction of sp³-hybridized carbons (Fsp3) is 0.294. The maximum absolute atomic E-state index is 11.6. The first-order chi connectivity index (χ1) is 11.1. The highest BCUT2D eigenvalue weighted by atomic mass is 32.1. The number of benzene rings is 1. The van der Waals surface area contributed by atoms with Gasteiger partial charge in [-0.2, -0.15) is 0 Å². The molecule has 2 rings (SSSR count). The van der Waals surface area contributed by atoms with Gasteiger partial charge in [0.25, 0.3) is 5.91 Å². The second kappa shape index (κ2) is 8.95. The van der Waals surface area contributed by atoms with Gasteiger partial charge in [0, 0.05) is 11.4 Å². The number of thiophene rings is 1. The molecule has 1 heterocycles. The molecule has 0 saturated carbocycles. The van der Waals surface area contributed by atoms with Crippen molar-refractivity contribution in [3.05, 3.63) is 52.2 Å². The first-order valence-electron chi connectivity index (χ1n) is 7.28. The van der Waals surface area contributed by atoms with Crippen LogP contribution in [0.4, 0.5) is 0 Å². The van der Waals surface area contributed by atoms with Crippen LogP contribution in [0.2, 0.25) is 0 Å². The highest BCUT2D eigenvalue weighted by Crippen LogP contribution is 2.15. The third kappa shape index (κ3) is 6.12. The highest BCUT2D eigenvalue weighted by Gasteiger charge is 2.09. The van der Waals surface area contributed by atoms with Gasteiger partial charge < -0.3 is 14.8 Å². The Morgan fingerprint density at radius 2 is 1.96 bits per heavy atom. The number of nitrogens with one attached hydrogen (secondary N) is 1. The van der Waals surface area contributed by atoms with E-state index >= 15 is 0 Å². The second-order valence-corrected chi connectivity index (χ2v) is 5.93. The molecule has 1 aromatic carbocycles. The maximum Gasteiger partial charge on any atom is 0.344 e. The van der Waals surface area contributed by atoms with Crippen LogP contribution < -0.4 is 10.1 Å². The van der Waals surface area contributed by atoms with Crippen molar-refractivity contribution in [3.63, 3.8) is 0 Å². The number of ether oxygens (including phenoxy) is 2. The summed E-state index contributed by atoms with van der Waals surface area (Å²) in [6, 6.07) is 11.4. The Morgan fingerprint density at radius 3 is 2.70 bits per heavy atom. The molecule has 0 unspecified atom stereocenters. The lowest BCUT2D eigenvalue weighted by molar-refractivity contribution is -0.150. The van der Waals surface area contributed by atoms with Crippen LogP contribution in [0, 0.1) is 6.92 Å². The van der Waals surface area contributed by atoms with E-state index in [2.05, 4.69) is 5.32 Å². The molecule has 0 atom stereocenters. The number of amides is 1. The molecule has 0 radical (unpaired) electrons. The Morgan fingerprint density at radius 1 is 1.13 bits per heavy atom. The van der Waals surface area contributed by atoms with Gasteiger partial charge in [0.1, 0.15) is 5.75 Å². The minimum atomic E-state index is -0.568. The van der Waals surface area contributed by atoms with E-state index in [0.29, 0.717) is 12.3 Å². The maximum atomic E-state index is 11.6. The van der Waals surface area contributed by atoms with Crippen LogP contribution in [-0.4, -0.2) is 31.6 Å². The van der Waals surface area contributed by atoms with Gasteiger partial charge in [-0.25, -0.2) is 4.79 Å². The minimum Gasteiger partial charge on any atom is -0.482 e. The van der Waals surface area contributed by atoms with Crippen molar-refractivity contribution in [2.45, 2.75) is 13.3 Å². The van der Waals surface area contributed by atoms with E-state index in [1.165, 1.54) is 4.88 Å². The third-order valence-electron chi connectivity index (χ3n) is 3.08. The van der Waals surface area contributed by atoms with E-state index in [1.807, 2.05) is 42.6 Å². The number of rotatable bonds is 8. The molecule has 0 bridgehead atoms. The number of esters is 1. The molecule has 23 heavy (non-hydrogen) atoms. The average molecular weight is 333 g/mol. The number of hydrogen-bond acceptors (Lipinski definition) is 5. The lowest BCUT2D eigenvalue weighted by atomic mass is 10.2. The molecule has 0 spiro atoms. The molecule has 0 aliphatic rings. The topological polar surface area (TPSA) is 64.6 Å². The molecule has 1 amide bonds. The molecule has 2 aromatic rings. The normalized spacial score (nSPS) is 10.1. The second-order valence-electron chi connectivity index (χ2n) is 4.89. The first kappa shape index (κ1) is 17.0. The van der Waals surface area contributed by atoms with Gasteiger partial charge in [-0.3, -0.25) is 4.79 Å².